The van der Waals surface area contributed by atoms with E-state index in [1.807, 2.05) is 79.7 Å². The molecule has 0 N–H and O–H groups in total. The van der Waals surface area contributed by atoms with Gasteiger partial charge >= 0.3 is 0 Å². The van der Waals surface area contributed by atoms with Crippen LogP contribution in [0.4, 0.5) is 5.69 Å². The van der Waals surface area contributed by atoms with Gasteiger partial charge in [-0.25, -0.2) is 0 Å². The molecule has 31 heavy (non-hydrogen) atoms. The number of thiocarbonyl (C=S) groups is 1. The second-order valence-corrected chi connectivity index (χ2v) is 9.93. The monoisotopic (exact) mass is 529 g/mol. The second-order valence-electron chi connectivity index (χ2n) is 6.90. The number of nitrogens with zero attached hydrogens (tertiary/aromatic N) is 1. The molecule has 156 valence electrons. The van der Waals surface area contributed by atoms with Crippen LogP contribution < -0.4 is 9.64 Å². The van der Waals surface area contributed by atoms with Gasteiger partial charge in [0.05, 0.1) is 10.6 Å². The Morgan fingerprint density at radius 2 is 1.87 bits per heavy atom. The van der Waals surface area contributed by atoms with E-state index >= 15 is 0 Å². The molecule has 0 aliphatic carbocycles. The summed E-state index contributed by atoms with van der Waals surface area (Å²) in [4.78, 5) is 15.3. The van der Waals surface area contributed by atoms with Crippen molar-refractivity contribution < 1.29 is 9.53 Å². The molecule has 1 heterocycles. The number of carbonyl (C=O) groups excluding carboxylic acids is 1. The van der Waals surface area contributed by atoms with E-state index < -0.39 is 0 Å². The molecule has 3 nitrogen and oxygen atoms in total. The van der Waals surface area contributed by atoms with E-state index in [0.717, 1.165) is 26.9 Å². The zero-order chi connectivity index (χ0) is 22.0. The van der Waals surface area contributed by atoms with Crippen LogP contribution in [0.15, 0.2) is 76.1 Å². The van der Waals surface area contributed by atoms with E-state index in [2.05, 4.69) is 15.9 Å². The molecule has 1 saturated heterocycles. The number of ether oxygens (including phenoxy) is 1. The largest absolute Gasteiger partial charge is 0.488 e. The minimum absolute atomic E-state index is 0.132. The van der Waals surface area contributed by atoms with Crippen LogP contribution in [0.25, 0.3) is 6.08 Å². The van der Waals surface area contributed by atoms with Crippen molar-refractivity contribution in [3.63, 3.8) is 0 Å². The zero-order valence-corrected chi connectivity index (χ0v) is 20.4. The number of aryl methyl sites for hydroxylation is 1. The number of thioether (sulfide) groups is 1. The lowest BCUT2D eigenvalue weighted by Crippen LogP contribution is -2.28. The number of benzene rings is 3. The average molecular weight is 531 g/mol. The van der Waals surface area contributed by atoms with E-state index in [-0.39, 0.29) is 5.91 Å². The Bertz CT molecular complexity index is 1190. The van der Waals surface area contributed by atoms with Gasteiger partial charge in [-0.05, 0) is 60.5 Å². The molecule has 0 bridgehead atoms. The number of hydrogen-bond acceptors (Lipinski definition) is 4. The fraction of sp³-hybridized carbons (Fsp3) is 0.0833. The standard InChI is InChI=1S/C24H17BrClNO2S2/c1-15-4-2-3-5-20(15)27-23(28)22(31-24(27)30)13-17-12-18(25)8-11-21(17)29-14-16-6-9-19(26)10-7-16/h2-13H,14H2,1H3/b22-13+. The quantitative estimate of drug-likeness (QED) is 0.254. The lowest BCUT2D eigenvalue weighted by Gasteiger charge is -2.16. The van der Waals surface area contributed by atoms with Gasteiger partial charge in [-0.3, -0.25) is 9.69 Å². The molecule has 1 amide bonds. The van der Waals surface area contributed by atoms with Crippen molar-refractivity contribution in [1.29, 1.82) is 0 Å². The number of anilines is 1. The highest BCUT2D eigenvalue weighted by molar-refractivity contribution is 9.10. The predicted molar refractivity (Wildman–Crippen MR) is 137 cm³/mol. The highest BCUT2D eigenvalue weighted by atomic mass is 79.9. The molecule has 7 heteroatoms. The zero-order valence-electron chi connectivity index (χ0n) is 16.5. The molecule has 0 atom stereocenters. The summed E-state index contributed by atoms with van der Waals surface area (Å²) in [6.07, 6.45) is 1.83. The molecule has 1 fully saturated rings. The summed E-state index contributed by atoms with van der Waals surface area (Å²) in [5.41, 5.74) is 3.61. The normalized spacial score (nSPS) is 15.1. The Morgan fingerprint density at radius 3 is 2.61 bits per heavy atom. The Labute approximate surface area is 204 Å². The van der Waals surface area contributed by atoms with E-state index in [9.17, 15) is 4.79 Å². The third-order valence-electron chi connectivity index (χ3n) is 4.72. The summed E-state index contributed by atoms with van der Waals surface area (Å²) in [5, 5.41) is 0.684. The molecular weight excluding hydrogens is 514 g/mol. The van der Waals surface area contributed by atoms with Crippen LogP contribution in [-0.4, -0.2) is 10.2 Å². The van der Waals surface area contributed by atoms with Crippen molar-refractivity contribution in [2.45, 2.75) is 13.5 Å². The van der Waals surface area contributed by atoms with Gasteiger partial charge in [-0.2, -0.15) is 0 Å². The van der Waals surface area contributed by atoms with E-state index in [4.69, 9.17) is 28.6 Å². The third-order valence-corrected chi connectivity index (χ3v) is 6.76. The fourth-order valence-electron chi connectivity index (χ4n) is 3.14. The van der Waals surface area contributed by atoms with Gasteiger partial charge in [-0.1, -0.05) is 81.8 Å². The molecule has 1 aliphatic rings. The molecular formula is C24H17BrClNO2S2. The maximum atomic E-state index is 13.2. The summed E-state index contributed by atoms with van der Waals surface area (Å²) in [6, 6.07) is 21.0. The van der Waals surface area contributed by atoms with Crippen LogP contribution in [0.5, 0.6) is 5.75 Å². The number of halogens is 2. The van der Waals surface area contributed by atoms with E-state index in [0.29, 0.717) is 26.6 Å². The van der Waals surface area contributed by atoms with Crippen LogP contribution in [0.3, 0.4) is 0 Å². The van der Waals surface area contributed by atoms with Crippen molar-refractivity contribution in [3.05, 3.63) is 97.8 Å². The number of carbonyl (C=O) groups is 1. The van der Waals surface area contributed by atoms with E-state index in [1.54, 1.807) is 4.90 Å². The Kier molecular flexibility index (Phi) is 6.82. The summed E-state index contributed by atoms with van der Waals surface area (Å²) in [7, 11) is 0. The van der Waals surface area contributed by atoms with Gasteiger partial charge in [0.2, 0.25) is 0 Å². The Balaban J connectivity index is 1.61. The molecule has 0 radical (unpaired) electrons. The van der Waals surface area contributed by atoms with Gasteiger partial charge < -0.3 is 4.74 Å². The summed E-state index contributed by atoms with van der Waals surface area (Å²) >= 11 is 16.3. The van der Waals surface area contributed by atoms with Gasteiger partial charge in [0.25, 0.3) is 5.91 Å². The van der Waals surface area contributed by atoms with Gasteiger partial charge in [-0.15, -0.1) is 0 Å². The summed E-state index contributed by atoms with van der Waals surface area (Å²) in [6.45, 7) is 2.36. The molecule has 0 aromatic heterocycles. The van der Waals surface area contributed by atoms with Gasteiger partial charge in [0, 0.05) is 15.1 Å². The van der Waals surface area contributed by atoms with Crippen LogP contribution in [-0.2, 0) is 11.4 Å². The molecule has 0 saturated carbocycles. The van der Waals surface area contributed by atoms with Crippen molar-refractivity contribution >= 4 is 73.5 Å². The summed E-state index contributed by atoms with van der Waals surface area (Å²) < 4.78 is 7.46. The lowest BCUT2D eigenvalue weighted by molar-refractivity contribution is -0.113. The van der Waals surface area contributed by atoms with Crippen molar-refractivity contribution in [1.82, 2.24) is 0 Å². The summed E-state index contributed by atoms with van der Waals surface area (Å²) in [5.74, 6) is 0.548. The number of amides is 1. The highest BCUT2D eigenvalue weighted by Crippen LogP contribution is 2.38. The Morgan fingerprint density at radius 1 is 1.13 bits per heavy atom. The fourth-order valence-corrected chi connectivity index (χ4v) is 4.92. The topological polar surface area (TPSA) is 29.5 Å². The van der Waals surface area contributed by atoms with Gasteiger partial charge in [0.15, 0.2) is 4.32 Å². The van der Waals surface area contributed by atoms with Crippen LogP contribution in [0.2, 0.25) is 5.02 Å². The number of para-hydroxylation sites is 1. The molecule has 1 aliphatic heterocycles. The lowest BCUT2D eigenvalue weighted by atomic mass is 10.1. The molecule has 4 rings (SSSR count). The maximum Gasteiger partial charge on any atom is 0.270 e. The van der Waals surface area contributed by atoms with Crippen LogP contribution in [0, 0.1) is 6.92 Å². The van der Waals surface area contributed by atoms with Crippen molar-refractivity contribution in [3.8, 4) is 5.75 Å². The molecule has 0 spiro atoms. The first-order valence-corrected chi connectivity index (χ1v) is 11.8. The average Bonchev–Trinajstić information content (AvgIpc) is 3.02. The Hall–Kier alpha value is -2.12. The first-order chi connectivity index (χ1) is 14.9. The first kappa shape index (κ1) is 22.1. The highest BCUT2D eigenvalue weighted by Gasteiger charge is 2.34. The first-order valence-electron chi connectivity index (χ1n) is 9.43. The van der Waals surface area contributed by atoms with Crippen molar-refractivity contribution in [2.75, 3.05) is 4.90 Å². The van der Waals surface area contributed by atoms with Crippen molar-refractivity contribution in [2.24, 2.45) is 0 Å². The third kappa shape index (κ3) is 5.04. The van der Waals surface area contributed by atoms with E-state index in [1.165, 1.54) is 11.8 Å². The predicted octanol–water partition coefficient (Wildman–Crippen LogP) is 7.40. The number of rotatable bonds is 5. The minimum Gasteiger partial charge on any atom is -0.488 e. The smallest absolute Gasteiger partial charge is 0.270 e. The second kappa shape index (κ2) is 9.57. The molecule has 3 aromatic carbocycles. The van der Waals surface area contributed by atoms with Crippen LogP contribution >= 0.6 is 51.5 Å². The van der Waals surface area contributed by atoms with Gasteiger partial charge in [0.1, 0.15) is 12.4 Å². The molecule has 3 aromatic rings. The molecule has 0 unspecified atom stereocenters. The SMILES string of the molecule is Cc1ccccc1N1C(=O)/C(=C\c2cc(Br)ccc2OCc2ccc(Cl)cc2)SC1=S. The van der Waals surface area contributed by atoms with Crippen LogP contribution in [0.1, 0.15) is 16.7 Å². The minimum atomic E-state index is -0.132. The maximum absolute atomic E-state index is 13.2. The number of hydrogen-bond donors (Lipinski definition) is 0.